The Kier molecular flexibility index (Phi) is 9.31. The molecule has 0 radical (unpaired) electrons. The van der Waals surface area contributed by atoms with Gasteiger partial charge in [0.2, 0.25) is 10.0 Å². The van der Waals surface area contributed by atoms with Gasteiger partial charge >= 0.3 is 5.97 Å². The van der Waals surface area contributed by atoms with Gasteiger partial charge in [-0.05, 0) is 112 Å². The van der Waals surface area contributed by atoms with Crippen LogP contribution < -0.4 is 14.4 Å². The van der Waals surface area contributed by atoms with Crippen molar-refractivity contribution >= 4 is 45.1 Å². The third kappa shape index (κ3) is 6.34. The summed E-state index contributed by atoms with van der Waals surface area (Å²) in [5, 5.41) is -0.134. The number of carbonyl (C=O) groups excluding carboxylic acids is 2. The molecule has 1 amide bonds. The summed E-state index contributed by atoms with van der Waals surface area (Å²) in [6, 6.07) is 10.8. The van der Waals surface area contributed by atoms with Crippen LogP contribution in [0.25, 0.3) is 0 Å². The number of amides is 1. The zero-order valence-electron chi connectivity index (χ0n) is 29.1. The van der Waals surface area contributed by atoms with E-state index in [-0.39, 0.29) is 41.1 Å². The number of allylic oxidation sites excluding steroid dienone is 1. The summed E-state index contributed by atoms with van der Waals surface area (Å²) in [5.41, 5.74) is 2.32. The lowest BCUT2D eigenvalue weighted by Gasteiger charge is -2.50. The number of methoxy groups -OCH3 is 1. The van der Waals surface area contributed by atoms with Crippen molar-refractivity contribution in [3.8, 4) is 5.75 Å². The van der Waals surface area contributed by atoms with Crippen molar-refractivity contribution in [1.82, 2.24) is 4.72 Å². The number of esters is 1. The summed E-state index contributed by atoms with van der Waals surface area (Å²) in [6.07, 6.45) is 9.46. The van der Waals surface area contributed by atoms with E-state index in [2.05, 4.69) is 26.7 Å². The van der Waals surface area contributed by atoms with Gasteiger partial charge in [0.1, 0.15) is 11.8 Å². The van der Waals surface area contributed by atoms with Crippen LogP contribution in [0, 0.1) is 17.8 Å². The predicted octanol–water partition coefficient (Wildman–Crippen LogP) is 6.00. The van der Waals surface area contributed by atoms with Gasteiger partial charge in [0.25, 0.3) is 5.91 Å². The highest BCUT2D eigenvalue weighted by Crippen LogP contribution is 2.50. The van der Waals surface area contributed by atoms with Crippen molar-refractivity contribution in [1.29, 1.82) is 0 Å². The highest BCUT2D eigenvalue weighted by molar-refractivity contribution is 7.90. The average molecular weight is 724 g/mol. The predicted molar refractivity (Wildman–Crippen MR) is 193 cm³/mol. The quantitative estimate of drug-likeness (QED) is 0.302. The monoisotopic (exact) mass is 723 g/mol. The molecule has 0 aromatic heterocycles. The van der Waals surface area contributed by atoms with E-state index >= 15 is 0 Å². The highest BCUT2D eigenvalue weighted by atomic mass is 35.5. The Balaban J connectivity index is 1.33. The van der Waals surface area contributed by atoms with Gasteiger partial charge in [-0.2, -0.15) is 0 Å². The fourth-order valence-corrected chi connectivity index (χ4v) is 10.1. The van der Waals surface area contributed by atoms with Gasteiger partial charge in [-0.15, -0.1) is 0 Å². The minimum absolute atomic E-state index is 0.0536. The van der Waals surface area contributed by atoms with Crippen molar-refractivity contribution in [2.75, 3.05) is 31.7 Å². The fraction of sp³-hybridized carbons (Fsp3) is 0.553. The second-order valence-electron chi connectivity index (χ2n) is 15.0. The van der Waals surface area contributed by atoms with Gasteiger partial charge in [0.05, 0.1) is 29.6 Å². The maximum atomic E-state index is 13.6. The zero-order chi connectivity index (χ0) is 35.4. The largest absolute Gasteiger partial charge is 0.490 e. The topological polar surface area (TPSA) is 124 Å². The third-order valence-corrected chi connectivity index (χ3v) is 14.1. The molecule has 5 aliphatic rings. The number of rotatable bonds is 3. The highest BCUT2D eigenvalue weighted by Gasteiger charge is 2.50. The Hall–Kier alpha value is -3.41. The van der Waals surface area contributed by atoms with E-state index in [1.165, 1.54) is 11.1 Å². The molecule has 7 rings (SSSR count). The van der Waals surface area contributed by atoms with Gasteiger partial charge in [-0.1, -0.05) is 36.7 Å². The lowest BCUT2D eigenvalue weighted by Crippen LogP contribution is -2.53. The lowest BCUT2D eigenvalue weighted by atomic mass is 9.63. The zero-order valence-corrected chi connectivity index (χ0v) is 30.7. The average Bonchev–Trinajstić information content (AvgIpc) is 3.29. The molecular weight excluding hydrogens is 678 g/mol. The first-order chi connectivity index (χ1) is 23.8. The number of ether oxygens (including phenoxy) is 3. The van der Waals surface area contributed by atoms with Crippen LogP contribution in [0.2, 0.25) is 5.02 Å². The molecule has 1 N–H and O–H groups in total. The molecule has 2 aromatic carbocycles. The van der Waals surface area contributed by atoms with Gasteiger partial charge in [0.15, 0.2) is 5.90 Å². The molecule has 50 heavy (non-hydrogen) atoms. The number of halogens is 1. The molecule has 0 saturated heterocycles. The van der Waals surface area contributed by atoms with Crippen molar-refractivity contribution < 1.29 is 32.2 Å². The molecule has 2 bridgehead atoms. The van der Waals surface area contributed by atoms with Gasteiger partial charge in [-0.3, -0.25) is 4.79 Å². The number of hydrogen-bond donors (Lipinski definition) is 1. The summed E-state index contributed by atoms with van der Waals surface area (Å²) in [5.74, 6) is -0.0909. The second-order valence-corrected chi connectivity index (χ2v) is 17.5. The van der Waals surface area contributed by atoms with Crippen molar-refractivity contribution in [3.05, 3.63) is 70.3 Å². The van der Waals surface area contributed by atoms with Crippen molar-refractivity contribution in [2.24, 2.45) is 22.7 Å². The van der Waals surface area contributed by atoms with Crippen LogP contribution in [0.5, 0.6) is 5.75 Å². The van der Waals surface area contributed by atoms with E-state index < -0.39 is 32.8 Å². The molecule has 1 fully saturated rings. The standard InChI is InChI=1S/C38H46ClN3O7S/c1-23-7-5-16-38(47-4,19-34-40-24(2)36(44)49-34)31-12-9-28(31)20-42-21-37(15-6-8-26-17-29(39)11-13-30(26)37)22-48-33-14-10-27(18-32(33)42)35(43)41-50(45,46)25(23)3/h5,10-11,13-14,16-18,23-25,28,31H,6-9,12,15,19-22H2,1-4H3,(H,41,43)/b16-5+/t23-,24-,25+,28-,31+,37-,38+/m0/s1. The summed E-state index contributed by atoms with van der Waals surface area (Å²) in [4.78, 5) is 32.8. The van der Waals surface area contributed by atoms with E-state index in [4.69, 9.17) is 25.8 Å². The van der Waals surface area contributed by atoms with Crippen LogP contribution in [0.4, 0.5) is 5.69 Å². The summed E-state index contributed by atoms with van der Waals surface area (Å²) in [7, 11) is -2.32. The number of nitrogens with zero attached hydrogens (tertiary/aromatic N) is 2. The number of sulfonamides is 1. The van der Waals surface area contributed by atoms with Crippen molar-refractivity contribution in [3.63, 3.8) is 0 Å². The molecule has 1 saturated carbocycles. The molecule has 268 valence electrons. The number of aryl methyl sites for hydroxylation is 1. The van der Waals surface area contributed by atoms with E-state index in [9.17, 15) is 18.0 Å². The Morgan fingerprint density at radius 3 is 2.66 bits per heavy atom. The van der Waals surface area contributed by atoms with Gasteiger partial charge in [0, 0.05) is 36.2 Å². The molecule has 1 spiro atoms. The summed E-state index contributed by atoms with van der Waals surface area (Å²) in [6.45, 7) is 6.97. The van der Waals surface area contributed by atoms with Crippen LogP contribution in [0.3, 0.4) is 0 Å². The van der Waals surface area contributed by atoms with Gasteiger partial charge < -0.3 is 19.1 Å². The number of carbonyl (C=O) groups is 2. The maximum absolute atomic E-state index is 13.6. The van der Waals surface area contributed by atoms with E-state index in [1.807, 2.05) is 25.1 Å². The molecule has 12 heteroatoms. The molecule has 7 atom stereocenters. The lowest BCUT2D eigenvalue weighted by molar-refractivity contribution is -0.135. The molecule has 2 aliphatic carbocycles. The van der Waals surface area contributed by atoms with E-state index in [0.717, 1.165) is 37.8 Å². The molecule has 0 unspecified atom stereocenters. The number of nitrogens with one attached hydrogen (secondary N) is 1. The minimum atomic E-state index is -4.01. The minimum Gasteiger partial charge on any atom is -0.490 e. The van der Waals surface area contributed by atoms with E-state index in [1.54, 1.807) is 39.2 Å². The van der Waals surface area contributed by atoms with Gasteiger partial charge in [-0.25, -0.2) is 22.9 Å². The van der Waals surface area contributed by atoms with Crippen LogP contribution in [-0.2, 0) is 36.1 Å². The van der Waals surface area contributed by atoms with Crippen LogP contribution >= 0.6 is 11.6 Å². The summed E-state index contributed by atoms with van der Waals surface area (Å²) >= 11 is 6.46. The number of fused-ring (bicyclic) bond motifs is 4. The number of aliphatic imine (C=N–C) groups is 1. The van der Waals surface area contributed by atoms with Crippen LogP contribution in [0.15, 0.2) is 53.5 Å². The van der Waals surface area contributed by atoms with Crippen LogP contribution in [-0.4, -0.2) is 69.9 Å². The maximum Gasteiger partial charge on any atom is 0.337 e. The van der Waals surface area contributed by atoms with E-state index in [0.29, 0.717) is 42.8 Å². The molecule has 2 aromatic rings. The molecular formula is C38H46ClN3O7S. The number of benzene rings is 2. The Morgan fingerprint density at radius 1 is 1.12 bits per heavy atom. The Bertz CT molecular complexity index is 1860. The number of cyclic esters (lactones) is 1. The third-order valence-electron chi connectivity index (χ3n) is 11.9. The molecule has 3 aliphatic heterocycles. The first-order valence-electron chi connectivity index (χ1n) is 17.7. The first-order valence-corrected chi connectivity index (χ1v) is 19.6. The first kappa shape index (κ1) is 35.0. The number of hydrogen-bond acceptors (Lipinski definition) is 9. The molecule has 3 heterocycles. The second kappa shape index (κ2) is 13.3. The SMILES string of the molecule is CO[C@@]1(CC2=N[C@@H](C)C(=O)O2)/C=C/C[C@H](C)[C@@H](C)S(=O)(=O)NC(=O)c2ccc3c(c2)N(C[C@@H]2CC[C@H]21)C[C@@]1(CCCc2cc(Cl)ccc21)CO3. The van der Waals surface area contributed by atoms with Crippen molar-refractivity contribution in [2.45, 2.75) is 88.0 Å². The Labute approximate surface area is 299 Å². The summed E-state index contributed by atoms with van der Waals surface area (Å²) < 4.78 is 48.0. The smallest absolute Gasteiger partial charge is 0.337 e. The molecule has 10 nitrogen and oxygen atoms in total. The fourth-order valence-electron chi connectivity index (χ4n) is 8.65. The number of anilines is 1. The van der Waals surface area contributed by atoms with Crippen LogP contribution in [0.1, 0.15) is 80.8 Å². The Morgan fingerprint density at radius 2 is 1.94 bits per heavy atom. The normalized spacial score (nSPS) is 34.2.